The van der Waals surface area contributed by atoms with Gasteiger partial charge in [0.05, 0.1) is 11.0 Å². The molecule has 2 heteroatoms. The van der Waals surface area contributed by atoms with Crippen LogP contribution in [0.4, 0.5) is 0 Å². The third-order valence-electron chi connectivity index (χ3n) is 11.6. The molecule has 0 amide bonds. The fourth-order valence-corrected chi connectivity index (χ4v) is 8.61. The first-order valence-corrected chi connectivity index (χ1v) is 19.8. The first kappa shape index (κ1) is 33.1. The standard InChI is InChI=1S/C55H38N2/c1-2-16-52(17-3-1)57-54-19-7-6-18-53(54)56-55(57)51-29-28-46-32-40(14-9-15-42(46)36-51)45-24-27-49-34-44(23-26-50(49)35-45)39-12-8-13-41-33-48(25-22-43(41)31-39)47-21-20-37-10-4-5-11-38(37)30-47/h1-11,13,15-36H,12,14H2. The minimum atomic E-state index is 0.872. The van der Waals surface area contributed by atoms with Crippen LogP contribution < -0.4 is 0 Å². The lowest BCUT2D eigenvalue weighted by atomic mass is 9.94. The lowest BCUT2D eigenvalue weighted by molar-refractivity contribution is 1.10. The molecular weight excluding hydrogens is 689 g/mol. The Balaban J connectivity index is 0.878. The summed E-state index contributed by atoms with van der Waals surface area (Å²) in [6.07, 6.45) is 15.7. The molecule has 0 atom stereocenters. The van der Waals surface area contributed by atoms with Crippen LogP contribution >= 0.6 is 0 Å². The van der Waals surface area contributed by atoms with Crippen LogP contribution in [-0.4, -0.2) is 9.55 Å². The normalized spacial score (nSPS) is 13.5. The predicted molar refractivity (Wildman–Crippen MR) is 243 cm³/mol. The van der Waals surface area contributed by atoms with E-state index in [9.17, 15) is 0 Å². The number of allylic oxidation sites excluding steroid dienone is 4. The zero-order chi connectivity index (χ0) is 37.7. The van der Waals surface area contributed by atoms with Crippen molar-refractivity contribution in [3.63, 3.8) is 0 Å². The minimum Gasteiger partial charge on any atom is -0.292 e. The zero-order valence-electron chi connectivity index (χ0n) is 31.4. The second kappa shape index (κ2) is 13.8. The summed E-state index contributed by atoms with van der Waals surface area (Å²) in [5.41, 5.74) is 16.9. The van der Waals surface area contributed by atoms with E-state index in [1.807, 2.05) is 0 Å². The fourth-order valence-electron chi connectivity index (χ4n) is 8.61. The van der Waals surface area contributed by atoms with Crippen LogP contribution in [0.1, 0.15) is 46.2 Å². The van der Waals surface area contributed by atoms with Gasteiger partial charge in [0.2, 0.25) is 0 Å². The van der Waals surface area contributed by atoms with Crippen molar-refractivity contribution in [1.29, 1.82) is 0 Å². The summed E-state index contributed by atoms with van der Waals surface area (Å²) in [5.74, 6) is 0.951. The maximum Gasteiger partial charge on any atom is 0.145 e. The monoisotopic (exact) mass is 726 g/mol. The number of rotatable bonds is 5. The van der Waals surface area contributed by atoms with Crippen molar-refractivity contribution in [2.24, 2.45) is 0 Å². The summed E-state index contributed by atoms with van der Waals surface area (Å²) >= 11 is 0. The van der Waals surface area contributed by atoms with Gasteiger partial charge in [0, 0.05) is 11.3 Å². The molecule has 0 radical (unpaired) electrons. The van der Waals surface area contributed by atoms with Gasteiger partial charge in [-0.2, -0.15) is 0 Å². The molecule has 268 valence electrons. The maximum absolute atomic E-state index is 5.11. The Morgan fingerprint density at radius 1 is 0.386 bits per heavy atom. The van der Waals surface area contributed by atoms with Gasteiger partial charge in [0.25, 0.3) is 0 Å². The predicted octanol–water partition coefficient (Wildman–Crippen LogP) is 14.6. The number of nitrogens with zero attached hydrogens (tertiary/aromatic N) is 2. The average molecular weight is 727 g/mol. The lowest BCUT2D eigenvalue weighted by Gasteiger charge is -2.12. The van der Waals surface area contributed by atoms with E-state index in [0.29, 0.717) is 0 Å². The molecule has 0 unspecified atom stereocenters. The van der Waals surface area contributed by atoms with Gasteiger partial charge < -0.3 is 0 Å². The second-order valence-corrected chi connectivity index (χ2v) is 15.2. The Bertz CT molecular complexity index is 3170. The quantitative estimate of drug-likeness (QED) is 0.173. The molecule has 9 aromatic rings. The molecule has 57 heavy (non-hydrogen) atoms. The van der Waals surface area contributed by atoms with Crippen LogP contribution in [0.2, 0.25) is 0 Å². The Hall–Kier alpha value is -7.29. The summed E-state index contributed by atoms with van der Waals surface area (Å²) in [4.78, 5) is 5.11. The Kier molecular flexibility index (Phi) is 8.00. The molecule has 0 aliphatic heterocycles. The van der Waals surface area contributed by atoms with Gasteiger partial charge in [-0.3, -0.25) is 4.57 Å². The molecule has 1 heterocycles. The number of para-hydroxylation sites is 3. The van der Waals surface area contributed by atoms with E-state index in [1.165, 1.54) is 77.2 Å². The molecule has 0 saturated carbocycles. The molecule has 8 aromatic carbocycles. The molecule has 2 aliphatic carbocycles. The van der Waals surface area contributed by atoms with Gasteiger partial charge in [-0.05, 0) is 145 Å². The number of imidazole rings is 1. The highest BCUT2D eigenvalue weighted by Crippen LogP contribution is 2.36. The van der Waals surface area contributed by atoms with E-state index in [-0.39, 0.29) is 0 Å². The molecule has 0 spiro atoms. The molecule has 0 fully saturated rings. The molecule has 2 nitrogen and oxygen atoms in total. The van der Waals surface area contributed by atoms with Crippen molar-refractivity contribution in [2.45, 2.75) is 12.8 Å². The van der Waals surface area contributed by atoms with Crippen molar-refractivity contribution in [3.8, 4) is 28.2 Å². The van der Waals surface area contributed by atoms with Crippen molar-refractivity contribution < 1.29 is 0 Å². The van der Waals surface area contributed by atoms with Crippen molar-refractivity contribution in [2.75, 3.05) is 0 Å². The van der Waals surface area contributed by atoms with E-state index in [1.54, 1.807) is 0 Å². The van der Waals surface area contributed by atoms with E-state index in [4.69, 9.17) is 4.98 Å². The molecule has 2 aliphatic rings. The summed E-state index contributed by atoms with van der Waals surface area (Å²) < 4.78 is 2.27. The van der Waals surface area contributed by atoms with Crippen LogP contribution in [-0.2, 0) is 0 Å². The molecule has 0 saturated heterocycles. The topological polar surface area (TPSA) is 17.8 Å². The van der Waals surface area contributed by atoms with E-state index in [2.05, 4.69) is 211 Å². The van der Waals surface area contributed by atoms with Crippen molar-refractivity contribution in [3.05, 3.63) is 215 Å². The Morgan fingerprint density at radius 3 is 1.61 bits per heavy atom. The third-order valence-corrected chi connectivity index (χ3v) is 11.6. The van der Waals surface area contributed by atoms with Gasteiger partial charge in [0.15, 0.2) is 0 Å². The summed E-state index contributed by atoms with van der Waals surface area (Å²) in [7, 11) is 0. The largest absolute Gasteiger partial charge is 0.292 e. The number of hydrogen-bond acceptors (Lipinski definition) is 1. The van der Waals surface area contributed by atoms with Crippen LogP contribution in [0.25, 0.3) is 96.2 Å². The highest BCUT2D eigenvalue weighted by molar-refractivity contribution is 5.96. The zero-order valence-corrected chi connectivity index (χ0v) is 31.4. The fraction of sp³-hybridized carbons (Fsp3) is 0.0364. The molecular formula is C55H38N2. The highest BCUT2D eigenvalue weighted by atomic mass is 15.1. The van der Waals surface area contributed by atoms with Gasteiger partial charge in [-0.25, -0.2) is 4.98 Å². The van der Waals surface area contributed by atoms with Crippen LogP contribution in [0.5, 0.6) is 0 Å². The average Bonchev–Trinajstić information content (AvgIpc) is 3.37. The smallest absolute Gasteiger partial charge is 0.145 e. The molecule has 11 rings (SSSR count). The van der Waals surface area contributed by atoms with Gasteiger partial charge in [-0.1, -0.05) is 152 Å². The van der Waals surface area contributed by atoms with E-state index < -0.39 is 0 Å². The number of aromatic nitrogens is 2. The Morgan fingerprint density at radius 2 is 0.895 bits per heavy atom. The van der Waals surface area contributed by atoms with Gasteiger partial charge in [0.1, 0.15) is 5.82 Å². The number of benzene rings is 8. The van der Waals surface area contributed by atoms with Crippen LogP contribution in [0, 0.1) is 0 Å². The van der Waals surface area contributed by atoms with Gasteiger partial charge >= 0.3 is 0 Å². The first-order chi connectivity index (χ1) is 28.2. The minimum absolute atomic E-state index is 0.872. The van der Waals surface area contributed by atoms with Crippen LogP contribution in [0.3, 0.4) is 0 Å². The maximum atomic E-state index is 5.11. The summed E-state index contributed by atoms with van der Waals surface area (Å²) in [6.45, 7) is 0. The second-order valence-electron chi connectivity index (χ2n) is 15.2. The summed E-state index contributed by atoms with van der Waals surface area (Å²) in [5, 5.41) is 5.05. The van der Waals surface area contributed by atoms with Crippen molar-refractivity contribution in [1.82, 2.24) is 9.55 Å². The number of fused-ring (bicyclic) bond motifs is 5. The molecule has 0 bridgehead atoms. The lowest BCUT2D eigenvalue weighted by Crippen LogP contribution is -1.97. The SMILES string of the molecule is C1=Cc2cc(-c3ccc4ccccc4c3)ccc2C=C(c2ccc3cc(C4=Cc5ccc(-c6nc7ccccc7n6-c6ccccc6)cc5C=CC4)ccc3c2)C1. The summed E-state index contributed by atoms with van der Waals surface area (Å²) in [6, 6.07) is 61.7. The molecule has 1 aromatic heterocycles. The van der Waals surface area contributed by atoms with Gasteiger partial charge in [-0.15, -0.1) is 0 Å². The third kappa shape index (κ3) is 6.13. The highest BCUT2D eigenvalue weighted by Gasteiger charge is 2.17. The van der Waals surface area contributed by atoms with E-state index >= 15 is 0 Å². The first-order valence-electron chi connectivity index (χ1n) is 19.8. The molecule has 0 N–H and O–H groups in total. The van der Waals surface area contributed by atoms with Crippen LogP contribution in [0.15, 0.2) is 182 Å². The Labute approximate surface area is 332 Å². The van der Waals surface area contributed by atoms with Crippen molar-refractivity contribution >= 4 is 68.0 Å². The number of hydrogen-bond donors (Lipinski definition) is 0. The van der Waals surface area contributed by atoms with E-state index in [0.717, 1.165) is 41.0 Å².